The minimum absolute atomic E-state index is 0.382. The van der Waals surface area contributed by atoms with Crippen LogP contribution in [0.1, 0.15) is 12.7 Å². The molecule has 0 amide bonds. The van der Waals surface area contributed by atoms with E-state index in [1.54, 1.807) is 13.4 Å². The standard InChI is InChI=1S/C14H25NO4/c1-13(12-14-4-3-6-19-14)15-5-7-17-10-11-18-9-8-16-2/h3-4,6,13,15H,5,7-12H2,1-2H3. The molecule has 0 aliphatic heterocycles. The lowest BCUT2D eigenvalue weighted by Gasteiger charge is -2.12. The summed E-state index contributed by atoms with van der Waals surface area (Å²) in [5, 5.41) is 3.39. The predicted molar refractivity (Wildman–Crippen MR) is 73.4 cm³/mol. The number of nitrogens with one attached hydrogen (secondary N) is 1. The largest absolute Gasteiger partial charge is 0.469 e. The number of hydrogen-bond donors (Lipinski definition) is 1. The summed E-state index contributed by atoms with van der Waals surface area (Å²) in [5.41, 5.74) is 0. The van der Waals surface area contributed by atoms with Crippen molar-refractivity contribution in [3.63, 3.8) is 0 Å². The van der Waals surface area contributed by atoms with Gasteiger partial charge in [0, 0.05) is 26.1 Å². The normalized spacial score (nSPS) is 12.7. The Morgan fingerprint density at radius 2 is 1.89 bits per heavy atom. The van der Waals surface area contributed by atoms with Gasteiger partial charge >= 0.3 is 0 Å². The van der Waals surface area contributed by atoms with E-state index in [1.165, 1.54) is 0 Å². The SMILES string of the molecule is COCCOCCOCCNC(C)Cc1ccco1. The van der Waals surface area contributed by atoms with Gasteiger partial charge < -0.3 is 23.9 Å². The van der Waals surface area contributed by atoms with Crippen LogP contribution in [0.5, 0.6) is 0 Å². The van der Waals surface area contributed by atoms with Gasteiger partial charge in [0.1, 0.15) is 5.76 Å². The second-order valence-electron chi connectivity index (χ2n) is 4.36. The molecule has 0 saturated carbocycles. The van der Waals surface area contributed by atoms with Gasteiger partial charge in [0.15, 0.2) is 0 Å². The highest BCUT2D eigenvalue weighted by Crippen LogP contribution is 2.03. The van der Waals surface area contributed by atoms with Gasteiger partial charge in [-0.3, -0.25) is 0 Å². The van der Waals surface area contributed by atoms with Gasteiger partial charge in [-0.25, -0.2) is 0 Å². The quantitative estimate of drug-likeness (QED) is 0.584. The van der Waals surface area contributed by atoms with Gasteiger partial charge in [-0.2, -0.15) is 0 Å². The minimum atomic E-state index is 0.382. The highest BCUT2D eigenvalue weighted by molar-refractivity contribution is 4.99. The van der Waals surface area contributed by atoms with Crippen molar-refractivity contribution in [3.8, 4) is 0 Å². The van der Waals surface area contributed by atoms with Crippen LogP contribution in [0.15, 0.2) is 22.8 Å². The second kappa shape index (κ2) is 11.0. The molecule has 5 nitrogen and oxygen atoms in total. The van der Waals surface area contributed by atoms with Gasteiger partial charge in [0.05, 0.1) is 39.3 Å². The Bertz CT molecular complexity index is 290. The second-order valence-corrected chi connectivity index (χ2v) is 4.36. The van der Waals surface area contributed by atoms with Crippen LogP contribution in [0.2, 0.25) is 0 Å². The van der Waals surface area contributed by atoms with Crippen molar-refractivity contribution in [1.82, 2.24) is 5.32 Å². The van der Waals surface area contributed by atoms with Crippen molar-refractivity contribution >= 4 is 0 Å². The maximum Gasteiger partial charge on any atom is 0.105 e. The van der Waals surface area contributed by atoms with E-state index in [4.69, 9.17) is 18.6 Å². The van der Waals surface area contributed by atoms with Crippen molar-refractivity contribution < 1.29 is 18.6 Å². The number of methoxy groups -OCH3 is 1. The maximum absolute atomic E-state index is 5.45. The monoisotopic (exact) mass is 271 g/mol. The first-order valence-corrected chi connectivity index (χ1v) is 6.73. The maximum atomic E-state index is 5.45. The molecule has 0 bridgehead atoms. The van der Waals surface area contributed by atoms with E-state index in [1.807, 2.05) is 12.1 Å². The Hall–Kier alpha value is -0.880. The predicted octanol–water partition coefficient (Wildman–Crippen LogP) is 1.48. The van der Waals surface area contributed by atoms with Gasteiger partial charge in [0.25, 0.3) is 0 Å². The fraction of sp³-hybridized carbons (Fsp3) is 0.714. The lowest BCUT2D eigenvalue weighted by atomic mass is 10.2. The lowest BCUT2D eigenvalue weighted by molar-refractivity contribution is 0.0253. The average Bonchev–Trinajstić information content (AvgIpc) is 2.89. The van der Waals surface area contributed by atoms with Crippen LogP contribution in [-0.2, 0) is 20.6 Å². The van der Waals surface area contributed by atoms with E-state index in [0.717, 1.165) is 18.7 Å². The number of hydrogen-bond acceptors (Lipinski definition) is 5. The topological polar surface area (TPSA) is 52.9 Å². The van der Waals surface area contributed by atoms with Crippen molar-refractivity contribution in [3.05, 3.63) is 24.2 Å². The Morgan fingerprint density at radius 3 is 2.58 bits per heavy atom. The molecule has 0 aliphatic rings. The molecule has 1 atom stereocenters. The first-order valence-electron chi connectivity index (χ1n) is 6.73. The number of ether oxygens (including phenoxy) is 3. The summed E-state index contributed by atoms with van der Waals surface area (Å²) in [6, 6.07) is 4.29. The molecule has 0 aliphatic carbocycles. The molecule has 5 heteroatoms. The van der Waals surface area contributed by atoms with Crippen molar-refractivity contribution in [1.29, 1.82) is 0 Å². The van der Waals surface area contributed by atoms with Crippen LogP contribution in [0.3, 0.4) is 0 Å². The third-order valence-electron chi connectivity index (χ3n) is 2.63. The molecule has 1 aromatic rings. The van der Waals surface area contributed by atoms with E-state index >= 15 is 0 Å². The Morgan fingerprint density at radius 1 is 1.16 bits per heavy atom. The first kappa shape index (κ1) is 16.2. The summed E-state index contributed by atoms with van der Waals surface area (Å²) in [6.45, 7) is 6.15. The van der Waals surface area contributed by atoms with Crippen LogP contribution in [0, 0.1) is 0 Å². The molecule has 1 unspecified atom stereocenters. The lowest BCUT2D eigenvalue weighted by Crippen LogP contribution is -2.31. The van der Waals surface area contributed by atoms with Gasteiger partial charge in [-0.05, 0) is 19.1 Å². The summed E-state index contributed by atoms with van der Waals surface area (Å²) >= 11 is 0. The molecule has 19 heavy (non-hydrogen) atoms. The van der Waals surface area contributed by atoms with E-state index in [-0.39, 0.29) is 0 Å². The van der Waals surface area contributed by atoms with Crippen LogP contribution in [-0.4, -0.2) is 52.7 Å². The molecule has 1 N–H and O–H groups in total. The molecule has 0 saturated heterocycles. The highest BCUT2D eigenvalue weighted by atomic mass is 16.5. The molecular weight excluding hydrogens is 246 g/mol. The van der Waals surface area contributed by atoms with Crippen molar-refractivity contribution in [2.75, 3.05) is 46.7 Å². The smallest absolute Gasteiger partial charge is 0.105 e. The Labute approximate surface area is 115 Å². The molecular formula is C14H25NO4. The molecule has 1 rings (SSSR count). The minimum Gasteiger partial charge on any atom is -0.469 e. The van der Waals surface area contributed by atoms with Crippen LogP contribution < -0.4 is 5.32 Å². The van der Waals surface area contributed by atoms with Crippen LogP contribution in [0.4, 0.5) is 0 Å². The highest BCUT2D eigenvalue weighted by Gasteiger charge is 2.04. The third-order valence-corrected chi connectivity index (χ3v) is 2.63. The number of rotatable bonds is 12. The summed E-state index contributed by atoms with van der Waals surface area (Å²) < 4.78 is 20.9. The van der Waals surface area contributed by atoms with E-state index in [0.29, 0.717) is 39.1 Å². The zero-order chi connectivity index (χ0) is 13.8. The fourth-order valence-electron chi connectivity index (χ4n) is 1.64. The summed E-state index contributed by atoms with van der Waals surface area (Å²) in [4.78, 5) is 0. The molecule has 0 spiro atoms. The average molecular weight is 271 g/mol. The van der Waals surface area contributed by atoms with Gasteiger partial charge in [-0.1, -0.05) is 0 Å². The van der Waals surface area contributed by atoms with Crippen molar-refractivity contribution in [2.24, 2.45) is 0 Å². The third kappa shape index (κ3) is 8.77. The van der Waals surface area contributed by atoms with Crippen LogP contribution >= 0.6 is 0 Å². The van der Waals surface area contributed by atoms with E-state index in [9.17, 15) is 0 Å². The van der Waals surface area contributed by atoms with Gasteiger partial charge in [-0.15, -0.1) is 0 Å². The molecule has 0 aromatic carbocycles. The summed E-state index contributed by atoms with van der Waals surface area (Å²) in [6.07, 6.45) is 2.60. The van der Waals surface area contributed by atoms with Gasteiger partial charge in [0.2, 0.25) is 0 Å². The molecule has 110 valence electrons. The summed E-state index contributed by atoms with van der Waals surface area (Å²) in [7, 11) is 1.66. The fourth-order valence-corrected chi connectivity index (χ4v) is 1.64. The zero-order valence-corrected chi connectivity index (χ0v) is 11.9. The first-order chi connectivity index (χ1) is 9.33. The molecule has 0 radical (unpaired) electrons. The zero-order valence-electron chi connectivity index (χ0n) is 11.9. The number of furan rings is 1. The van der Waals surface area contributed by atoms with Crippen molar-refractivity contribution in [2.45, 2.75) is 19.4 Å². The van der Waals surface area contributed by atoms with Crippen LogP contribution in [0.25, 0.3) is 0 Å². The molecule has 1 heterocycles. The van der Waals surface area contributed by atoms with E-state index in [2.05, 4.69) is 12.2 Å². The Balaban J connectivity index is 1.85. The molecule has 1 aromatic heterocycles. The Kier molecular flexibility index (Phi) is 9.36. The van der Waals surface area contributed by atoms with E-state index < -0.39 is 0 Å². The molecule has 0 fully saturated rings. The summed E-state index contributed by atoms with van der Waals surface area (Å²) in [5.74, 6) is 1.01.